The van der Waals surface area contributed by atoms with Gasteiger partial charge in [-0.25, -0.2) is 9.59 Å². The van der Waals surface area contributed by atoms with Crippen molar-refractivity contribution in [3.63, 3.8) is 0 Å². The molecule has 8 heteroatoms. The number of para-hydroxylation sites is 2. The topological polar surface area (TPSA) is 95.9 Å². The first-order valence-corrected chi connectivity index (χ1v) is 8.10. The number of hydrogen-bond acceptors (Lipinski definition) is 5. The minimum atomic E-state index is -1.15. The maximum atomic E-state index is 12.3. The van der Waals surface area contributed by atoms with E-state index in [4.69, 9.17) is 4.74 Å². The van der Waals surface area contributed by atoms with E-state index in [2.05, 4.69) is 21.2 Å². The van der Waals surface area contributed by atoms with Gasteiger partial charge in [-0.1, -0.05) is 28.1 Å². The number of benzene rings is 2. The predicted molar refractivity (Wildman–Crippen MR) is 94.0 cm³/mol. The van der Waals surface area contributed by atoms with E-state index in [1.807, 2.05) is 0 Å². The minimum Gasteiger partial charge on any atom is -0.478 e. The van der Waals surface area contributed by atoms with Crippen molar-refractivity contribution < 1.29 is 24.2 Å². The van der Waals surface area contributed by atoms with Crippen LogP contribution in [-0.2, 0) is 9.59 Å². The Morgan fingerprint density at radius 2 is 2.00 bits per heavy atom. The number of aromatic carboxylic acids is 1. The van der Waals surface area contributed by atoms with E-state index in [0.717, 1.165) is 0 Å². The highest BCUT2D eigenvalue weighted by Crippen LogP contribution is 2.31. The highest BCUT2D eigenvalue weighted by Gasteiger charge is 2.25. The summed E-state index contributed by atoms with van der Waals surface area (Å²) in [5.74, 6) is -1.65. The molecule has 2 N–H and O–H groups in total. The zero-order chi connectivity index (χ0) is 18.0. The van der Waals surface area contributed by atoms with Crippen LogP contribution in [0.1, 0.15) is 10.4 Å². The van der Waals surface area contributed by atoms with Gasteiger partial charge < -0.3 is 20.1 Å². The van der Waals surface area contributed by atoms with Crippen LogP contribution in [0.5, 0.6) is 5.75 Å². The Kier molecular flexibility index (Phi) is 4.71. The lowest BCUT2D eigenvalue weighted by atomic mass is 10.1. The van der Waals surface area contributed by atoms with Crippen LogP contribution in [0.25, 0.3) is 0 Å². The lowest BCUT2D eigenvalue weighted by Crippen LogP contribution is -2.41. The zero-order valence-corrected chi connectivity index (χ0v) is 14.4. The molecule has 0 radical (unpaired) electrons. The van der Waals surface area contributed by atoms with Crippen LogP contribution in [-0.4, -0.2) is 36.0 Å². The van der Waals surface area contributed by atoms with E-state index >= 15 is 0 Å². The van der Waals surface area contributed by atoms with Crippen LogP contribution in [0.2, 0.25) is 0 Å². The summed E-state index contributed by atoms with van der Waals surface area (Å²) in [5.41, 5.74) is 0.793. The highest BCUT2D eigenvalue weighted by molar-refractivity contribution is 9.10. The third-order valence-corrected chi connectivity index (χ3v) is 4.06. The van der Waals surface area contributed by atoms with Crippen LogP contribution >= 0.6 is 15.9 Å². The van der Waals surface area contributed by atoms with E-state index in [1.165, 1.54) is 12.1 Å². The Balaban J connectivity index is 1.78. The summed E-state index contributed by atoms with van der Waals surface area (Å²) in [6.07, 6.45) is 0. The second kappa shape index (κ2) is 6.94. The first kappa shape index (κ1) is 17.0. The molecule has 1 aliphatic rings. The summed E-state index contributed by atoms with van der Waals surface area (Å²) in [4.78, 5) is 36.9. The number of halogens is 1. The summed E-state index contributed by atoms with van der Waals surface area (Å²) in [6, 6.07) is 11.5. The normalized spacial score (nSPS) is 13.0. The van der Waals surface area contributed by atoms with Gasteiger partial charge in [-0.3, -0.25) is 4.79 Å². The quantitative estimate of drug-likeness (QED) is 0.600. The van der Waals surface area contributed by atoms with Crippen molar-refractivity contribution in [3.05, 3.63) is 52.5 Å². The van der Waals surface area contributed by atoms with Gasteiger partial charge in [-0.05, 0) is 30.3 Å². The number of hydrogen-bond donors (Lipinski definition) is 2. The molecule has 0 saturated carbocycles. The average Bonchev–Trinajstić information content (AvgIpc) is 2.56. The first-order chi connectivity index (χ1) is 11.9. The fourth-order valence-electron chi connectivity index (χ4n) is 2.51. The van der Waals surface area contributed by atoms with Crippen molar-refractivity contribution in [1.82, 2.24) is 0 Å². The predicted octanol–water partition coefficient (Wildman–Crippen LogP) is 2.51. The number of carboxylic acids is 1. The van der Waals surface area contributed by atoms with Crippen molar-refractivity contribution in [1.29, 1.82) is 0 Å². The van der Waals surface area contributed by atoms with Gasteiger partial charge in [0.15, 0.2) is 5.75 Å². The molecule has 1 aliphatic heterocycles. The first-order valence-electron chi connectivity index (χ1n) is 7.31. The summed E-state index contributed by atoms with van der Waals surface area (Å²) < 4.78 is 5.72. The molecule has 0 fully saturated rings. The number of carbonyl (C=O) groups excluding carboxylic acids is 2. The van der Waals surface area contributed by atoms with Gasteiger partial charge in [-0.2, -0.15) is 0 Å². The van der Waals surface area contributed by atoms with Crippen molar-refractivity contribution in [2.75, 3.05) is 23.3 Å². The van der Waals surface area contributed by atoms with Crippen LogP contribution in [0.4, 0.5) is 11.4 Å². The highest BCUT2D eigenvalue weighted by atomic mass is 79.9. The van der Waals surface area contributed by atoms with Gasteiger partial charge in [0.25, 0.3) is 0 Å². The molecule has 25 heavy (non-hydrogen) atoms. The lowest BCUT2D eigenvalue weighted by molar-refractivity contribution is -0.133. The molecule has 0 spiro atoms. The van der Waals surface area contributed by atoms with Gasteiger partial charge in [0.1, 0.15) is 6.54 Å². The number of carboxylic acid groups (broad SMARTS) is 1. The van der Waals surface area contributed by atoms with Crippen molar-refractivity contribution in [2.24, 2.45) is 0 Å². The maximum Gasteiger partial charge on any atom is 0.337 e. The van der Waals surface area contributed by atoms with Crippen molar-refractivity contribution in [2.45, 2.75) is 0 Å². The van der Waals surface area contributed by atoms with Gasteiger partial charge in [0.05, 0.1) is 23.5 Å². The van der Waals surface area contributed by atoms with Crippen molar-refractivity contribution >= 4 is 45.2 Å². The Morgan fingerprint density at radius 3 is 2.76 bits per heavy atom. The molecule has 0 saturated heterocycles. The van der Waals surface area contributed by atoms with E-state index < -0.39 is 17.8 Å². The molecular formula is C17H13BrN2O5. The van der Waals surface area contributed by atoms with Crippen LogP contribution in [0.15, 0.2) is 46.9 Å². The third-order valence-electron chi connectivity index (χ3n) is 3.57. The monoisotopic (exact) mass is 404 g/mol. The molecule has 0 aromatic heterocycles. The Labute approximate surface area is 151 Å². The molecule has 2 aromatic rings. The van der Waals surface area contributed by atoms with Gasteiger partial charge >= 0.3 is 11.9 Å². The summed E-state index contributed by atoms with van der Waals surface area (Å²) >= 11 is 3.20. The Morgan fingerprint density at radius 1 is 1.24 bits per heavy atom. The van der Waals surface area contributed by atoms with Gasteiger partial charge in [0.2, 0.25) is 5.91 Å². The van der Waals surface area contributed by atoms with Crippen LogP contribution in [0.3, 0.4) is 0 Å². The van der Waals surface area contributed by atoms with Crippen LogP contribution < -0.4 is 15.0 Å². The number of esters is 1. The average molecular weight is 405 g/mol. The third kappa shape index (κ3) is 3.80. The Hall–Kier alpha value is -2.87. The second-order valence-electron chi connectivity index (χ2n) is 5.34. The molecule has 0 bridgehead atoms. The molecule has 7 nitrogen and oxygen atoms in total. The number of anilines is 2. The molecule has 3 rings (SSSR count). The number of rotatable bonds is 4. The number of carbonyl (C=O) groups is 3. The summed E-state index contributed by atoms with van der Waals surface area (Å²) in [7, 11) is 0. The zero-order valence-electron chi connectivity index (χ0n) is 12.9. The molecular weight excluding hydrogens is 392 g/mol. The van der Waals surface area contributed by atoms with E-state index in [-0.39, 0.29) is 24.3 Å². The van der Waals surface area contributed by atoms with E-state index in [1.54, 1.807) is 35.2 Å². The van der Waals surface area contributed by atoms with Crippen molar-refractivity contribution in [3.8, 4) is 5.75 Å². The number of nitrogens with one attached hydrogen (secondary N) is 1. The minimum absolute atomic E-state index is 0.0267. The Bertz CT molecular complexity index is 868. The SMILES string of the molecule is O=C(CN1CC(=O)Oc2ccccc21)Nc1ccc(Br)cc1C(=O)O. The van der Waals surface area contributed by atoms with Gasteiger partial charge in [0, 0.05) is 4.47 Å². The van der Waals surface area contributed by atoms with Crippen LogP contribution in [0, 0.1) is 0 Å². The number of amides is 1. The number of nitrogens with zero attached hydrogens (tertiary/aromatic N) is 1. The maximum absolute atomic E-state index is 12.3. The van der Waals surface area contributed by atoms with E-state index in [9.17, 15) is 19.5 Å². The molecule has 2 aromatic carbocycles. The smallest absolute Gasteiger partial charge is 0.337 e. The van der Waals surface area contributed by atoms with Gasteiger partial charge in [-0.15, -0.1) is 0 Å². The molecule has 0 aliphatic carbocycles. The number of ether oxygens (including phenoxy) is 1. The molecule has 128 valence electrons. The largest absolute Gasteiger partial charge is 0.478 e. The second-order valence-corrected chi connectivity index (χ2v) is 6.26. The fourth-order valence-corrected chi connectivity index (χ4v) is 2.87. The summed E-state index contributed by atoms with van der Waals surface area (Å²) in [5, 5.41) is 11.8. The fraction of sp³-hybridized carbons (Fsp3) is 0.118. The molecule has 1 heterocycles. The molecule has 1 amide bonds. The molecule has 0 atom stereocenters. The summed E-state index contributed by atoms with van der Waals surface area (Å²) in [6.45, 7) is -0.169. The standard InChI is InChI=1S/C17H13BrN2O5/c18-10-5-6-12(11(7-10)17(23)24)19-15(21)8-20-9-16(22)25-14-4-2-1-3-13(14)20/h1-7H,8-9H2,(H,19,21)(H,23,24). The lowest BCUT2D eigenvalue weighted by Gasteiger charge is -2.29. The molecule has 0 unspecified atom stereocenters. The van der Waals surface area contributed by atoms with E-state index in [0.29, 0.717) is 15.9 Å². The number of fused-ring (bicyclic) bond motifs is 1.